The number of amides is 2. The lowest BCUT2D eigenvalue weighted by Gasteiger charge is -2.05. The minimum atomic E-state index is -0.537. The van der Waals surface area contributed by atoms with Crippen LogP contribution in [-0.2, 0) is 11.3 Å². The van der Waals surface area contributed by atoms with Crippen LogP contribution in [-0.4, -0.2) is 33.0 Å². The third-order valence-electron chi connectivity index (χ3n) is 5.11. The minimum Gasteiger partial charge on any atom is -0.493 e. The van der Waals surface area contributed by atoms with Crippen molar-refractivity contribution >= 4 is 34.1 Å². The largest absolute Gasteiger partial charge is 0.493 e. The first-order valence-corrected chi connectivity index (χ1v) is 10.7. The minimum absolute atomic E-state index is 0.0171. The monoisotopic (exact) mass is 451 g/mol. The summed E-state index contributed by atoms with van der Waals surface area (Å²) in [6.45, 7) is 2.94. The molecule has 3 rings (SSSR count). The van der Waals surface area contributed by atoms with Crippen LogP contribution in [0.4, 0.5) is 11.4 Å². The molecule has 10 nitrogen and oxygen atoms in total. The summed E-state index contributed by atoms with van der Waals surface area (Å²) < 4.78 is 1.77. The van der Waals surface area contributed by atoms with Crippen LogP contribution < -0.4 is 5.32 Å². The van der Waals surface area contributed by atoms with Crippen LogP contribution in [0.25, 0.3) is 10.9 Å². The number of nitro benzene ring substituents is 1. The average molecular weight is 451 g/mol. The molecule has 0 saturated heterocycles. The van der Waals surface area contributed by atoms with Crippen molar-refractivity contribution in [2.75, 3.05) is 6.54 Å². The number of nitro groups is 1. The number of aryl methyl sites for hydroxylation is 1. The number of nitrogens with zero attached hydrogens (tertiary/aromatic N) is 4. The lowest BCUT2D eigenvalue weighted by molar-refractivity contribution is -0.384. The number of para-hydroxylation sites is 1. The molecule has 33 heavy (non-hydrogen) atoms. The van der Waals surface area contributed by atoms with Crippen LogP contribution in [0.5, 0.6) is 5.88 Å². The van der Waals surface area contributed by atoms with Crippen molar-refractivity contribution < 1.29 is 19.6 Å². The Labute approximate surface area is 190 Å². The summed E-state index contributed by atoms with van der Waals surface area (Å²) in [7, 11) is 0. The van der Waals surface area contributed by atoms with E-state index in [1.165, 1.54) is 24.3 Å². The van der Waals surface area contributed by atoms with Gasteiger partial charge in [-0.25, -0.2) is 0 Å². The fraction of sp³-hybridized carbons (Fsp3) is 0.304. The van der Waals surface area contributed by atoms with Gasteiger partial charge in [-0.15, -0.1) is 10.2 Å². The number of aromatic nitrogens is 1. The lowest BCUT2D eigenvalue weighted by atomic mass is 10.2. The molecule has 2 amide bonds. The Bertz CT molecular complexity index is 1180. The number of azo groups is 1. The molecule has 2 N–H and O–H groups in total. The zero-order valence-electron chi connectivity index (χ0n) is 18.2. The molecule has 0 spiro atoms. The molecule has 0 aliphatic heterocycles. The highest BCUT2D eigenvalue weighted by atomic mass is 16.6. The van der Waals surface area contributed by atoms with Gasteiger partial charge in [-0.1, -0.05) is 31.5 Å². The van der Waals surface area contributed by atoms with E-state index >= 15 is 0 Å². The molecule has 0 atom stereocenters. The first kappa shape index (κ1) is 23.6. The third kappa shape index (κ3) is 5.79. The van der Waals surface area contributed by atoms with E-state index in [2.05, 4.69) is 22.5 Å². The molecule has 3 aromatic rings. The Morgan fingerprint density at radius 3 is 2.55 bits per heavy atom. The second-order valence-corrected chi connectivity index (χ2v) is 7.45. The van der Waals surface area contributed by atoms with Crippen LogP contribution in [0.15, 0.2) is 58.8 Å². The van der Waals surface area contributed by atoms with Crippen LogP contribution in [0, 0.1) is 10.1 Å². The molecule has 0 unspecified atom stereocenters. The highest BCUT2D eigenvalue weighted by molar-refractivity contribution is 5.95. The quantitative estimate of drug-likeness (QED) is 0.196. The van der Waals surface area contributed by atoms with Gasteiger partial charge in [0.1, 0.15) is 0 Å². The first-order valence-electron chi connectivity index (χ1n) is 10.7. The Morgan fingerprint density at radius 1 is 1.12 bits per heavy atom. The zero-order chi connectivity index (χ0) is 23.8. The van der Waals surface area contributed by atoms with Gasteiger partial charge in [-0.2, -0.15) is 0 Å². The molecule has 1 aromatic heterocycles. The fourth-order valence-corrected chi connectivity index (χ4v) is 3.35. The Kier molecular flexibility index (Phi) is 7.85. The van der Waals surface area contributed by atoms with E-state index in [0.717, 1.165) is 23.7 Å². The van der Waals surface area contributed by atoms with Crippen molar-refractivity contribution in [2.24, 2.45) is 10.2 Å². The topological polar surface area (TPSA) is 139 Å². The van der Waals surface area contributed by atoms with E-state index < -0.39 is 10.8 Å². The van der Waals surface area contributed by atoms with E-state index in [-0.39, 0.29) is 36.1 Å². The van der Waals surface area contributed by atoms with Gasteiger partial charge in [0.15, 0.2) is 5.69 Å². The summed E-state index contributed by atoms with van der Waals surface area (Å²) in [6.07, 6.45) is 2.29. The van der Waals surface area contributed by atoms with E-state index in [1.807, 2.05) is 24.3 Å². The molecule has 0 aliphatic carbocycles. The van der Waals surface area contributed by atoms with Gasteiger partial charge in [0.2, 0.25) is 5.88 Å². The number of carbonyl (C=O) groups excluding carboxylic acids is 2. The number of fused-ring (bicyclic) bond motifs is 1. The molecule has 1 heterocycles. The van der Waals surface area contributed by atoms with Crippen molar-refractivity contribution in [1.82, 2.24) is 9.88 Å². The average Bonchev–Trinajstić information content (AvgIpc) is 3.09. The summed E-state index contributed by atoms with van der Waals surface area (Å²) in [5.74, 6) is -0.871. The number of carbonyl (C=O) groups is 2. The van der Waals surface area contributed by atoms with Gasteiger partial charge in [-0.05, 0) is 31.0 Å². The number of aromatic hydroxyl groups is 1. The molecule has 0 aliphatic rings. The van der Waals surface area contributed by atoms with Gasteiger partial charge < -0.3 is 15.0 Å². The van der Waals surface area contributed by atoms with Crippen molar-refractivity contribution in [3.05, 3.63) is 64.2 Å². The second kappa shape index (κ2) is 11.0. The number of non-ortho nitro benzene ring substituents is 1. The summed E-state index contributed by atoms with van der Waals surface area (Å²) >= 11 is 0. The SMILES string of the molecule is CCCCn1c(O)c(N=NC(=O)CCCNC(=O)c2ccc([N+](=O)[O-])cc2)c2ccccc21. The molecule has 0 saturated carbocycles. The maximum Gasteiger partial charge on any atom is 0.269 e. The Balaban J connectivity index is 1.54. The van der Waals surface area contributed by atoms with Crippen molar-refractivity contribution in [3.63, 3.8) is 0 Å². The summed E-state index contributed by atoms with van der Waals surface area (Å²) in [5.41, 5.74) is 1.30. The number of rotatable bonds is 10. The van der Waals surface area contributed by atoms with E-state index in [9.17, 15) is 24.8 Å². The van der Waals surface area contributed by atoms with Gasteiger partial charge in [0, 0.05) is 42.6 Å². The van der Waals surface area contributed by atoms with Crippen LogP contribution >= 0.6 is 0 Å². The molecule has 172 valence electrons. The zero-order valence-corrected chi connectivity index (χ0v) is 18.2. The molecule has 0 radical (unpaired) electrons. The predicted octanol–water partition coefficient (Wildman–Crippen LogP) is 4.88. The fourth-order valence-electron chi connectivity index (χ4n) is 3.35. The number of nitrogens with one attached hydrogen (secondary N) is 1. The highest BCUT2D eigenvalue weighted by Crippen LogP contribution is 2.39. The van der Waals surface area contributed by atoms with Crippen LogP contribution in [0.2, 0.25) is 0 Å². The molecular weight excluding hydrogens is 426 g/mol. The lowest BCUT2D eigenvalue weighted by Crippen LogP contribution is -2.24. The van der Waals surface area contributed by atoms with Crippen molar-refractivity contribution in [3.8, 4) is 5.88 Å². The maximum atomic E-state index is 12.1. The number of benzene rings is 2. The van der Waals surface area contributed by atoms with Crippen LogP contribution in [0.3, 0.4) is 0 Å². The smallest absolute Gasteiger partial charge is 0.269 e. The number of hydrogen-bond donors (Lipinski definition) is 2. The second-order valence-electron chi connectivity index (χ2n) is 7.45. The van der Waals surface area contributed by atoms with Gasteiger partial charge in [-0.3, -0.25) is 19.7 Å². The van der Waals surface area contributed by atoms with E-state index in [0.29, 0.717) is 18.5 Å². The molecule has 0 fully saturated rings. The summed E-state index contributed by atoms with van der Waals surface area (Å²) in [6, 6.07) is 12.7. The molecule has 0 bridgehead atoms. The van der Waals surface area contributed by atoms with Gasteiger partial charge in [0.05, 0.1) is 10.4 Å². The molecule has 2 aromatic carbocycles. The standard InChI is InChI=1S/C23H25N5O5/c1-2-3-15-27-19-8-5-4-7-18(19)21(23(27)31)26-25-20(29)9-6-14-24-22(30)16-10-12-17(13-11-16)28(32)33/h4-5,7-8,10-13,31H,2-3,6,9,14-15H2,1H3,(H,24,30). The number of unbranched alkanes of at least 4 members (excludes halogenated alkanes) is 1. The van der Waals surface area contributed by atoms with Crippen LogP contribution in [0.1, 0.15) is 43.0 Å². The van der Waals surface area contributed by atoms with E-state index in [1.54, 1.807) is 4.57 Å². The van der Waals surface area contributed by atoms with Gasteiger partial charge in [0.25, 0.3) is 17.5 Å². The predicted molar refractivity (Wildman–Crippen MR) is 123 cm³/mol. The summed E-state index contributed by atoms with van der Waals surface area (Å²) in [4.78, 5) is 34.3. The molecule has 10 heteroatoms. The maximum absolute atomic E-state index is 12.1. The third-order valence-corrected chi connectivity index (χ3v) is 5.11. The Morgan fingerprint density at radius 2 is 1.85 bits per heavy atom. The Hall–Kier alpha value is -4.08. The van der Waals surface area contributed by atoms with E-state index in [4.69, 9.17) is 0 Å². The van der Waals surface area contributed by atoms with Crippen molar-refractivity contribution in [2.45, 2.75) is 39.2 Å². The van der Waals surface area contributed by atoms with Crippen molar-refractivity contribution in [1.29, 1.82) is 0 Å². The normalized spacial score (nSPS) is 11.2. The number of hydrogen-bond acceptors (Lipinski definition) is 6. The highest BCUT2D eigenvalue weighted by Gasteiger charge is 2.16. The summed E-state index contributed by atoms with van der Waals surface area (Å²) in [5, 5.41) is 32.4. The molecular formula is C23H25N5O5. The first-order chi connectivity index (χ1) is 15.9. The van der Waals surface area contributed by atoms with Gasteiger partial charge >= 0.3 is 0 Å².